The molecular weight excluding hydrogens is 599 g/mol. The van der Waals surface area contributed by atoms with E-state index in [1.807, 2.05) is 11.3 Å². The predicted molar refractivity (Wildman–Crippen MR) is 208 cm³/mol. The zero-order valence-electron chi connectivity index (χ0n) is 26.3. The average molecular weight is 630 g/mol. The van der Waals surface area contributed by atoms with Crippen molar-refractivity contribution < 1.29 is 0 Å². The van der Waals surface area contributed by atoms with Gasteiger partial charge in [-0.1, -0.05) is 152 Å². The summed E-state index contributed by atoms with van der Waals surface area (Å²) in [5.74, 6) is 0. The Kier molecular flexibility index (Phi) is 7.07. The lowest BCUT2D eigenvalue weighted by molar-refractivity contribution is 1.30. The molecule has 0 bridgehead atoms. The van der Waals surface area contributed by atoms with Gasteiger partial charge in [-0.2, -0.15) is 0 Å². The van der Waals surface area contributed by atoms with E-state index in [0.29, 0.717) is 0 Å². The van der Waals surface area contributed by atoms with Crippen LogP contribution in [0.5, 0.6) is 0 Å². The quantitative estimate of drug-likeness (QED) is 0.177. The Hall–Kier alpha value is -5.96. The lowest BCUT2D eigenvalue weighted by atomic mass is 9.96. The number of benzene rings is 8. The molecule has 48 heavy (non-hydrogen) atoms. The zero-order chi connectivity index (χ0) is 31.9. The molecule has 0 N–H and O–H groups in total. The third-order valence-corrected chi connectivity index (χ3v) is 10.5. The Morgan fingerprint density at radius 3 is 1.52 bits per heavy atom. The molecule has 1 aromatic heterocycles. The topological polar surface area (TPSA) is 3.24 Å². The molecule has 9 aromatic rings. The van der Waals surface area contributed by atoms with Gasteiger partial charge in [0.1, 0.15) is 0 Å². The van der Waals surface area contributed by atoms with Crippen LogP contribution in [0.2, 0.25) is 0 Å². The highest BCUT2D eigenvalue weighted by Crippen LogP contribution is 2.48. The molecule has 0 aliphatic carbocycles. The third kappa shape index (κ3) is 4.95. The maximum absolute atomic E-state index is 2.42. The summed E-state index contributed by atoms with van der Waals surface area (Å²) in [6, 6.07) is 68.0. The summed E-state index contributed by atoms with van der Waals surface area (Å²) in [7, 11) is 0. The number of hydrogen-bond acceptors (Lipinski definition) is 2. The van der Waals surface area contributed by atoms with E-state index in [9.17, 15) is 0 Å². The molecule has 8 aromatic carbocycles. The second-order valence-corrected chi connectivity index (χ2v) is 13.2. The first-order valence-electron chi connectivity index (χ1n) is 16.4. The minimum Gasteiger partial charge on any atom is -0.310 e. The van der Waals surface area contributed by atoms with Gasteiger partial charge in [0.25, 0.3) is 0 Å². The Morgan fingerprint density at radius 2 is 0.854 bits per heavy atom. The van der Waals surface area contributed by atoms with Crippen molar-refractivity contribution in [2.75, 3.05) is 4.90 Å². The first-order valence-corrected chi connectivity index (χ1v) is 17.2. The van der Waals surface area contributed by atoms with Crippen molar-refractivity contribution in [3.05, 3.63) is 188 Å². The average Bonchev–Trinajstić information content (AvgIpc) is 3.56. The number of anilines is 3. The molecule has 0 amide bonds. The molecule has 0 saturated heterocycles. The van der Waals surface area contributed by atoms with Crippen molar-refractivity contribution in [2.45, 2.75) is 0 Å². The summed E-state index contributed by atoms with van der Waals surface area (Å²) in [4.78, 5) is 2.42. The van der Waals surface area contributed by atoms with Crippen LogP contribution in [0.15, 0.2) is 188 Å². The van der Waals surface area contributed by atoms with Crippen LogP contribution in [-0.2, 0) is 0 Å². The molecule has 0 aliphatic heterocycles. The number of fused-ring (bicyclic) bond motifs is 4. The van der Waals surface area contributed by atoms with Crippen molar-refractivity contribution in [3.8, 4) is 33.4 Å². The van der Waals surface area contributed by atoms with Crippen molar-refractivity contribution in [1.82, 2.24) is 0 Å². The van der Waals surface area contributed by atoms with Crippen molar-refractivity contribution in [3.63, 3.8) is 0 Å². The molecule has 2 heteroatoms. The first-order chi connectivity index (χ1) is 23.8. The van der Waals surface area contributed by atoms with Gasteiger partial charge in [0.05, 0.1) is 5.69 Å². The second kappa shape index (κ2) is 12.0. The van der Waals surface area contributed by atoms with Crippen LogP contribution in [0.3, 0.4) is 0 Å². The SMILES string of the molecule is c1ccc(-c2ccc(N(c3ccc(-c4ccccc4)cc3)c3cccc4sc5c(-c6cccc7ccccc67)cccc5c34)cc2)cc1. The summed E-state index contributed by atoms with van der Waals surface area (Å²) in [6.07, 6.45) is 0. The standard InChI is InChI=1S/C46H31NS/c1-3-12-32(13-4-1)34-24-28-37(29-25-34)47(38-30-26-35(27-31-38)33-14-5-2-6-15-33)43-22-11-23-44-45(43)42-21-10-20-41(46(42)48-44)40-19-9-17-36-16-7-8-18-39(36)40/h1-31H. The number of rotatable bonds is 6. The fraction of sp³-hybridized carbons (Fsp3) is 0. The molecule has 226 valence electrons. The Bertz CT molecular complexity index is 2440. The summed E-state index contributed by atoms with van der Waals surface area (Å²) >= 11 is 1.89. The molecule has 9 rings (SSSR count). The summed E-state index contributed by atoms with van der Waals surface area (Å²) < 4.78 is 2.59. The van der Waals surface area contributed by atoms with E-state index in [1.165, 1.54) is 70.0 Å². The maximum atomic E-state index is 2.42. The van der Waals surface area contributed by atoms with Gasteiger partial charge in [0.15, 0.2) is 0 Å². The second-order valence-electron chi connectivity index (χ2n) is 12.1. The molecular formula is C46H31NS. The van der Waals surface area contributed by atoms with E-state index >= 15 is 0 Å². The van der Waals surface area contributed by atoms with E-state index < -0.39 is 0 Å². The first kappa shape index (κ1) is 28.3. The highest BCUT2D eigenvalue weighted by molar-refractivity contribution is 7.26. The predicted octanol–water partition coefficient (Wildman–Crippen LogP) is 13.7. The fourth-order valence-corrected chi connectivity index (χ4v) is 8.23. The monoisotopic (exact) mass is 629 g/mol. The molecule has 0 atom stereocenters. The lowest BCUT2D eigenvalue weighted by Crippen LogP contribution is -2.10. The van der Waals surface area contributed by atoms with Gasteiger partial charge in [-0.05, 0) is 75.0 Å². The Balaban J connectivity index is 1.24. The maximum Gasteiger partial charge on any atom is 0.0554 e. The largest absolute Gasteiger partial charge is 0.310 e. The minimum atomic E-state index is 1.12. The smallest absolute Gasteiger partial charge is 0.0554 e. The van der Waals surface area contributed by atoms with Crippen LogP contribution in [0.4, 0.5) is 17.1 Å². The molecule has 0 aliphatic rings. The molecule has 0 unspecified atom stereocenters. The van der Waals surface area contributed by atoms with Gasteiger partial charge in [0, 0.05) is 37.1 Å². The van der Waals surface area contributed by atoms with Crippen LogP contribution in [0.25, 0.3) is 64.3 Å². The van der Waals surface area contributed by atoms with Crippen LogP contribution in [0.1, 0.15) is 0 Å². The van der Waals surface area contributed by atoms with Gasteiger partial charge in [-0.3, -0.25) is 0 Å². The van der Waals surface area contributed by atoms with E-state index in [4.69, 9.17) is 0 Å². The molecule has 0 saturated carbocycles. The third-order valence-electron chi connectivity index (χ3n) is 9.29. The number of thiophene rings is 1. The van der Waals surface area contributed by atoms with Gasteiger partial charge < -0.3 is 4.90 Å². The molecule has 1 heterocycles. The number of hydrogen-bond donors (Lipinski definition) is 0. The molecule has 0 fully saturated rings. The lowest BCUT2D eigenvalue weighted by Gasteiger charge is -2.27. The summed E-state index contributed by atoms with van der Waals surface area (Å²) in [6.45, 7) is 0. The van der Waals surface area contributed by atoms with Gasteiger partial charge in [-0.25, -0.2) is 0 Å². The highest BCUT2D eigenvalue weighted by atomic mass is 32.1. The summed E-state index contributed by atoms with van der Waals surface area (Å²) in [5, 5.41) is 5.10. The van der Waals surface area contributed by atoms with Gasteiger partial charge in [-0.15, -0.1) is 11.3 Å². The van der Waals surface area contributed by atoms with Gasteiger partial charge >= 0.3 is 0 Å². The van der Waals surface area contributed by atoms with E-state index in [0.717, 1.165) is 11.4 Å². The Labute approximate surface area is 284 Å². The molecule has 0 spiro atoms. The molecule has 0 radical (unpaired) electrons. The highest BCUT2D eigenvalue weighted by Gasteiger charge is 2.20. The van der Waals surface area contributed by atoms with Gasteiger partial charge in [0.2, 0.25) is 0 Å². The Morgan fingerprint density at radius 1 is 0.354 bits per heavy atom. The van der Waals surface area contributed by atoms with Crippen LogP contribution < -0.4 is 4.90 Å². The van der Waals surface area contributed by atoms with Crippen LogP contribution in [0, 0.1) is 0 Å². The van der Waals surface area contributed by atoms with Crippen LogP contribution in [-0.4, -0.2) is 0 Å². The van der Waals surface area contributed by atoms with E-state index in [-0.39, 0.29) is 0 Å². The molecule has 1 nitrogen and oxygen atoms in total. The summed E-state index contributed by atoms with van der Waals surface area (Å²) in [5.41, 5.74) is 10.8. The normalized spacial score (nSPS) is 11.3. The van der Waals surface area contributed by atoms with Crippen molar-refractivity contribution in [2.24, 2.45) is 0 Å². The van der Waals surface area contributed by atoms with Crippen molar-refractivity contribution in [1.29, 1.82) is 0 Å². The number of nitrogens with zero attached hydrogens (tertiary/aromatic N) is 1. The zero-order valence-corrected chi connectivity index (χ0v) is 27.1. The van der Waals surface area contributed by atoms with Crippen LogP contribution >= 0.6 is 11.3 Å². The minimum absolute atomic E-state index is 1.12. The van der Waals surface area contributed by atoms with Crippen molar-refractivity contribution >= 4 is 59.3 Å². The fourth-order valence-electron chi connectivity index (χ4n) is 6.98. The van der Waals surface area contributed by atoms with E-state index in [1.54, 1.807) is 0 Å². The van der Waals surface area contributed by atoms with E-state index in [2.05, 4.69) is 193 Å².